The monoisotopic (exact) mass is 264 g/mol. The minimum atomic E-state index is -4.14. The van der Waals surface area contributed by atoms with Crippen molar-refractivity contribution in [1.29, 1.82) is 0 Å². The molecule has 0 saturated carbocycles. The van der Waals surface area contributed by atoms with Gasteiger partial charge in [-0.15, -0.1) is 0 Å². The Morgan fingerprint density at radius 3 is 2.69 bits per heavy atom. The van der Waals surface area contributed by atoms with Crippen molar-refractivity contribution in [3.63, 3.8) is 0 Å². The Bertz CT molecular complexity index is 567. The lowest BCUT2D eigenvalue weighted by Gasteiger charge is -2.18. The molecular weight excluding hydrogens is 259 g/mol. The standard InChI is InChI=1S/C9H6ClFO4S/c10-16(13,14)8-4-5(11)3-6-7(12)1-2-15-9(6)8/h3-4H,1-2H2. The molecule has 0 aromatic heterocycles. The minimum Gasteiger partial charge on any atom is -0.491 e. The maximum Gasteiger partial charge on any atom is 0.265 e. The maximum atomic E-state index is 13.1. The van der Waals surface area contributed by atoms with Gasteiger partial charge in [0.25, 0.3) is 9.05 Å². The van der Waals surface area contributed by atoms with E-state index in [1.807, 2.05) is 0 Å². The Balaban J connectivity index is 2.77. The summed E-state index contributed by atoms with van der Waals surface area (Å²) >= 11 is 0. The first-order valence-electron chi connectivity index (χ1n) is 4.34. The molecule has 2 rings (SSSR count). The van der Waals surface area contributed by atoms with E-state index in [-0.39, 0.29) is 30.1 Å². The van der Waals surface area contributed by atoms with Gasteiger partial charge in [0, 0.05) is 17.1 Å². The van der Waals surface area contributed by atoms with E-state index in [4.69, 9.17) is 15.4 Å². The lowest BCUT2D eigenvalue weighted by atomic mass is 10.1. The van der Waals surface area contributed by atoms with Crippen molar-refractivity contribution in [3.8, 4) is 5.75 Å². The zero-order valence-corrected chi connectivity index (χ0v) is 9.44. The van der Waals surface area contributed by atoms with Crippen LogP contribution < -0.4 is 4.74 Å². The molecule has 0 bridgehead atoms. The third kappa shape index (κ3) is 1.90. The molecule has 86 valence electrons. The molecule has 0 fully saturated rings. The number of hydrogen-bond acceptors (Lipinski definition) is 4. The first-order chi connectivity index (χ1) is 7.39. The number of Topliss-reactive ketones (excluding diaryl/α,β-unsaturated/α-hetero) is 1. The van der Waals surface area contributed by atoms with E-state index in [9.17, 15) is 17.6 Å². The zero-order valence-electron chi connectivity index (χ0n) is 7.87. The van der Waals surface area contributed by atoms with Gasteiger partial charge in [0.1, 0.15) is 16.5 Å². The van der Waals surface area contributed by atoms with E-state index in [2.05, 4.69) is 0 Å². The van der Waals surface area contributed by atoms with Crippen molar-refractivity contribution >= 4 is 25.5 Å². The molecule has 0 spiro atoms. The van der Waals surface area contributed by atoms with Crippen molar-refractivity contribution in [2.45, 2.75) is 11.3 Å². The quantitative estimate of drug-likeness (QED) is 0.725. The van der Waals surface area contributed by atoms with Crippen LogP contribution in [0.25, 0.3) is 0 Å². The highest BCUT2D eigenvalue weighted by atomic mass is 35.7. The summed E-state index contributed by atoms with van der Waals surface area (Å²) in [7, 11) is 0.994. The first kappa shape index (κ1) is 11.3. The van der Waals surface area contributed by atoms with Crippen molar-refractivity contribution < 1.29 is 22.3 Å². The Hall–Kier alpha value is -1.14. The van der Waals surface area contributed by atoms with Gasteiger partial charge in [0.2, 0.25) is 0 Å². The molecular formula is C9H6ClFO4S. The summed E-state index contributed by atoms with van der Waals surface area (Å²) in [6.07, 6.45) is 0.0955. The predicted octanol–water partition coefficient (Wildman–Crippen LogP) is 1.72. The van der Waals surface area contributed by atoms with E-state index >= 15 is 0 Å². The molecule has 4 nitrogen and oxygen atoms in total. The number of fused-ring (bicyclic) bond motifs is 1. The second-order valence-corrected chi connectivity index (χ2v) is 5.77. The van der Waals surface area contributed by atoms with Crippen LogP contribution in [0.4, 0.5) is 4.39 Å². The topological polar surface area (TPSA) is 60.4 Å². The maximum absolute atomic E-state index is 13.1. The molecule has 0 radical (unpaired) electrons. The Kier molecular flexibility index (Phi) is 2.63. The largest absolute Gasteiger partial charge is 0.491 e. The van der Waals surface area contributed by atoms with Crippen molar-refractivity contribution in [1.82, 2.24) is 0 Å². The minimum absolute atomic E-state index is 0.0663. The van der Waals surface area contributed by atoms with Crippen molar-refractivity contribution in [2.24, 2.45) is 0 Å². The summed E-state index contributed by atoms with van der Waals surface area (Å²) in [5.41, 5.74) is -0.0783. The number of rotatable bonds is 1. The smallest absolute Gasteiger partial charge is 0.265 e. The first-order valence-corrected chi connectivity index (χ1v) is 6.65. The second-order valence-electron chi connectivity index (χ2n) is 3.24. The normalized spacial score (nSPS) is 15.5. The highest BCUT2D eigenvalue weighted by molar-refractivity contribution is 8.13. The van der Waals surface area contributed by atoms with E-state index in [0.717, 1.165) is 12.1 Å². The molecule has 16 heavy (non-hydrogen) atoms. The van der Waals surface area contributed by atoms with Crippen LogP contribution in [0.15, 0.2) is 17.0 Å². The van der Waals surface area contributed by atoms with E-state index in [1.54, 1.807) is 0 Å². The summed E-state index contributed by atoms with van der Waals surface area (Å²) in [5.74, 6) is -1.35. The molecule has 1 aliphatic heterocycles. The van der Waals surface area contributed by atoms with Crippen molar-refractivity contribution in [3.05, 3.63) is 23.5 Å². The second kappa shape index (κ2) is 3.71. The lowest BCUT2D eigenvalue weighted by Crippen LogP contribution is -2.17. The van der Waals surface area contributed by atoms with Gasteiger partial charge in [0.05, 0.1) is 12.2 Å². The average molecular weight is 265 g/mol. The SMILES string of the molecule is O=C1CCOc2c1cc(F)cc2S(=O)(=O)Cl. The van der Waals surface area contributed by atoms with Gasteiger partial charge < -0.3 is 4.74 Å². The molecule has 1 aliphatic rings. The molecule has 1 aromatic rings. The van der Waals surface area contributed by atoms with Crippen LogP contribution >= 0.6 is 10.7 Å². The van der Waals surface area contributed by atoms with Crippen LogP contribution in [0.3, 0.4) is 0 Å². The molecule has 7 heteroatoms. The molecule has 0 amide bonds. The van der Waals surface area contributed by atoms with Gasteiger partial charge in [-0.1, -0.05) is 0 Å². The fourth-order valence-electron chi connectivity index (χ4n) is 1.49. The van der Waals surface area contributed by atoms with Gasteiger partial charge in [-0.2, -0.15) is 0 Å². The predicted molar refractivity (Wildman–Crippen MR) is 53.9 cm³/mol. The van der Waals surface area contributed by atoms with Gasteiger partial charge in [-0.05, 0) is 12.1 Å². The van der Waals surface area contributed by atoms with Crippen molar-refractivity contribution in [2.75, 3.05) is 6.61 Å². The summed E-state index contributed by atoms with van der Waals surface area (Å²) in [6, 6.07) is 1.68. The molecule has 0 saturated heterocycles. The molecule has 0 unspecified atom stereocenters. The highest BCUT2D eigenvalue weighted by Gasteiger charge is 2.27. The number of carbonyl (C=O) groups is 1. The Labute approximate surface area is 95.4 Å². The zero-order chi connectivity index (χ0) is 11.9. The highest BCUT2D eigenvalue weighted by Crippen LogP contribution is 2.34. The number of halogens is 2. The fourth-order valence-corrected chi connectivity index (χ4v) is 2.47. The summed E-state index contributed by atoms with van der Waals surface area (Å²) in [5, 5.41) is 0. The Morgan fingerprint density at radius 1 is 1.38 bits per heavy atom. The lowest BCUT2D eigenvalue weighted by molar-refractivity contribution is 0.0930. The summed E-state index contributed by atoms with van der Waals surface area (Å²) < 4.78 is 40.5. The molecule has 1 aromatic carbocycles. The number of ketones is 1. The van der Waals surface area contributed by atoms with Crippen LogP contribution in [0.1, 0.15) is 16.8 Å². The van der Waals surface area contributed by atoms with E-state index in [1.165, 1.54) is 0 Å². The van der Waals surface area contributed by atoms with Gasteiger partial charge in [-0.25, -0.2) is 12.8 Å². The Morgan fingerprint density at radius 2 is 2.06 bits per heavy atom. The number of ether oxygens (including phenoxy) is 1. The fraction of sp³-hybridized carbons (Fsp3) is 0.222. The summed E-state index contributed by atoms with van der Waals surface area (Å²) in [6.45, 7) is 0.0663. The number of carbonyl (C=O) groups excluding carboxylic acids is 1. The number of benzene rings is 1. The molecule has 1 heterocycles. The van der Waals surface area contributed by atoms with Gasteiger partial charge in [0.15, 0.2) is 5.78 Å². The third-order valence-electron chi connectivity index (χ3n) is 2.16. The molecule has 0 atom stereocenters. The number of hydrogen-bond donors (Lipinski definition) is 0. The third-order valence-corrected chi connectivity index (χ3v) is 3.49. The molecule has 0 aliphatic carbocycles. The van der Waals surface area contributed by atoms with Crippen LogP contribution in [0, 0.1) is 5.82 Å². The van der Waals surface area contributed by atoms with Gasteiger partial charge >= 0.3 is 0 Å². The van der Waals surface area contributed by atoms with Crippen LogP contribution in [-0.2, 0) is 9.05 Å². The van der Waals surface area contributed by atoms with E-state index in [0.29, 0.717) is 0 Å². The van der Waals surface area contributed by atoms with E-state index < -0.39 is 19.8 Å². The average Bonchev–Trinajstić information content (AvgIpc) is 2.17. The van der Waals surface area contributed by atoms with Gasteiger partial charge in [-0.3, -0.25) is 4.79 Å². The summed E-state index contributed by atoms with van der Waals surface area (Å²) in [4.78, 5) is 10.9. The van der Waals surface area contributed by atoms with Crippen LogP contribution in [-0.4, -0.2) is 20.8 Å². The van der Waals surface area contributed by atoms with Crippen LogP contribution in [0.2, 0.25) is 0 Å². The molecule has 0 N–H and O–H groups in total. The van der Waals surface area contributed by atoms with Crippen LogP contribution in [0.5, 0.6) is 5.75 Å².